The van der Waals surface area contributed by atoms with Crippen LogP contribution in [0, 0.1) is 0 Å². The van der Waals surface area contributed by atoms with Crippen molar-refractivity contribution in [2.75, 3.05) is 37.0 Å². The van der Waals surface area contributed by atoms with Gasteiger partial charge < -0.3 is 30.2 Å². The Hall–Kier alpha value is -4.47. The third-order valence-electron chi connectivity index (χ3n) is 7.17. The molecule has 1 aromatic heterocycles. The number of hydrogen-bond donors (Lipinski definition) is 4. The van der Waals surface area contributed by atoms with E-state index in [0.717, 1.165) is 62.7 Å². The summed E-state index contributed by atoms with van der Waals surface area (Å²) in [6.45, 7) is -0.576. The summed E-state index contributed by atoms with van der Waals surface area (Å²) in [7, 11) is 0. The molecule has 0 spiro atoms. The number of benzene rings is 2. The molecule has 48 heavy (non-hydrogen) atoms. The van der Waals surface area contributed by atoms with Gasteiger partial charge in [-0.25, -0.2) is 0 Å². The van der Waals surface area contributed by atoms with Gasteiger partial charge in [0.25, 0.3) is 5.91 Å². The van der Waals surface area contributed by atoms with Crippen LogP contribution in [-0.2, 0) is 11.3 Å². The highest BCUT2D eigenvalue weighted by molar-refractivity contribution is 7.98. The summed E-state index contributed by atoms with van der Waals surface area (Å²) in [5.74, 6) is 0.0762. The van der Waals surface area contributed by atoms with Gasteiger partial charge in [-0.05, 0) is 67.5 Å². The molecular formula is C32H38F3N7O5S. The smallest absolute Gasteiger partial charge is 0.422 e. The first kappa shape index (κ1) is 34.9. The molecule has 2 aliphatic heterocycles. The van der Waals surface area contributed by atoms with Gasteiger partial charge in [0, 0.05) is 23.5 Å². The molecule has 6 bridgehead atoms. The fraction of sp³-hybridized carbons (Fsp3) is 0.469. The third kappa shape index (κ3) is 12.0. The number of alkyl halides is 3. The van der Waals surface area contributed by atoms with Crippen LogP contribution in [0.4, 0.5) is 30.8 Å². The maximum Gasteiger partial charge on any atom is 0.422 e. The molecule has 3 aliphatic rings. The number of carbonyl (C=O) groups excluding carboxylic acids is 2. The normalized spacial score (nSPS) is 15.9. The van der Waals surface area contributed by atoms with Crippen molar-refractivity contribution in [2.24, 2.45) is 0 Å². The summed E-state index contributed by atoms with van der Waals surface area (Å²) >= 11 is 1.36. The summed E-state index contributed by atoms with van der Waals surface area (Å²) < 4.78 is 58.3. The zero-order valence-corrected chi connectivity index (χ0v) is 27.1. The molecular weight excluding hydrogens is 651 g/mol. The Bertz CT molecular complexity index is 1530. The summed E-state index contributed by atoms with van der Waals surface area (Å²) in [5.41, 5.74) is 1.48. The minimum absolute atomic E-state index is 0.0195. The Morgan fingerprint density at radius 2 is 1.62 bits per heavy atom. The number of fused-ring (bicyclic) bond motifs is 12. The molecule has 1 fully saturated rings. The Kier molecular flexibility index (Phi) is 12.4. The van der Waals surface area contributed by atoms with Crippen molar-refractivity contribution in [1.82, 2.24) is 25.0 Å². The van der Waals surface area contributed by atoms with E-state index in [2.05, 4.69) is 35.6 Å². The number of nitrogens with zero attached hydrogens (tertiary/aromatic N) is 3. The van der Waals surface area contributed by atoms with E-state index in [0.29, 0.717) is 24.2 Å². The van der Waals surface area contributed by atoms with E-state index < -0.39 is 24.7 Å². The van der Waals surface area contributed by atoms with Crippen molar-refractivity contribution >= 4 is 41.3 Å². The summed E-state index contributed by atoms with van der Waals surface area (Å²) in [4.78, 5) is 37.6. The molecule has 16 heteroatoms. The average Bonchev–Trinajstić information content (AvgIpc) is 3.90. The zero-order valence-electron chi connectivity index (χ0n) is 26.2. The van der Waals surface area contributed by atoms with Gasteiger partial charge in [-0.2, -0.15) is 28.1 Å². The largest absolute Gasteiger partial charge is 0.494 e. The van der Waals surface area contributed by atoms with Crippen LogP contribution in [0.1, 0.15) is 67.3 Å². The minimum atomic E-state index is -4.60. The van der Waals surface area contributed by atoms with Crippen molar-refractivity contribution in [3.8, 4) is 17.5 Å². The zero-order chi connectivity index (χ0) is 33.8. The summed E-state index contributed by atoms with van der Waals surface area (Å²) in [5, 5.41) is 9.01. The second-order valence-electron chi connectivity index (χ2n) is 11.3. The standard InChI is InChI=1S/C32H38F3N7O5S/c33-32(34,35)20-47-31-40-29-37-18-21-7-10-23(11-8-21)45-15-5-3-1-2-4-6-16-46-26-17-22(38-30(39-29)41-31)9-14-25(26)28(44)36-19-27(43)42-48-24-12-13-24/h7-11,14,17,24H,1-6,12-13,15-16,18-20H2,(H,36,44)(H,42,43)(H2,37,38,39,40,41). The number of ether oxygens (including phenoxy) is 3. The lowest BCUT2D eigenvalue weighted by molar-refractivity contribution is -0.154. The molecule has 258 valence electrons. The Morgan fingerprint density at radius 1 is 0.917 bits per heavy atom. The summed E-state index contributed by atoms with van der Waals surface area (Å²) in [6.07, 6.45) is 3.25. The molecule has 1 aliphatic carbocycles. The Balaban J connectivity index is 1.35. The fourth-order valence-corrected chi connectivity index (χ4v) is 5.28. The summed E-state index contributed by atoms with van der Waals surface area (Å²) in [6, 6.07) is 11.6. The number of hydrogen-bond acceptors (Lipinski definition) is 11. The minimum Gasteiger partial charge on any atom is -0.494 e. The average molecular weight is 690 g/mol. The number of halogens is 3. The first-order chi connectivity index (χ1) is 23.2. The molecule has 0 radical (unpaired) electrons. The predicted molar refractivity (Wildman–Crippen MR) is 175 cm³/mol. The number of amides is 2. The maximum absolute atomic E-state index is 13.1. The van der Waals surface area contributed by atoms with Crippen LogP contribution in [0.25, 0.3) is 0 Å². The van der Waals surface area contributed by atoms with Crippen molar-refractivity contribution in [2.45, 2.75) is 69.3 Å². The topological polar surface area (TPSA) is 149 Å². The lowest BCUT2D eigenvalue weighted by atomic mass is 10.1. The molecule has 1 saturated carbocycles. The molecule has 2 aromatic carbocycles. The second-order valence-corrected chi connectivity index (χ2v) is 12.5. The number of carbonyl (C=O) groups is 2. The molecule has 3 heterocycles. The fourth-order valence-electron chi connectivity index (χ4n) is 4.53. The van der Waals surface area contributed by atoms with Crippen LogP contribution >= 0.6 is 11.9 Å². The van der Waals surface area contributed by atoms with E-state index in [1.165, 1.54) is 18.0 Å². The van der Waals surface area contributed by atoms with E-state index in [1.807, 2.05) is 24.3 Å². The van der Waals surface area contributed by atoms with E-state index in [1.54, 1.807) is 12.1 Å². The van der Waals surface area contributed by atoms with Gasteiger partial charge in [0.05, 0.1) is 25.3 Å². The molecule has 0 unspecified atom stereocenters. The molecule has 0 saturated heterocycles. The number of nitrogens with one attached hydrogen (secondary N) is 4. The first-order valence-electron chi connectivity index (χ1n) is 15.9. The van der Waals surface area contributed by atoms with E-state index in [9.17, 15) is 22.8 Å². The Morgan fingerprint density at radius 3 is 2.35 bits per heavy atom. The monoisotopic (exact) mass is 689 g/mol. The van der Waals surface area contributed by atoms with Crippen LogP contribution in [-0.4, -0.2) is 64.6 Å². The number of rotatable bonds is 7. The van der Waals surface area contributed by atoms with Crippen LogP contribution in [0.3, 0.4) is 0 Å². The molecule has 0 atom stereocenters. The Labute approximate surface area is 280 Å². The SMILES string of the molecule is O=C(CNC(=O)c1ccc2cc1OCCCCCCCCOc1ccc(cc1)CNc1nc(nc(OCC(F)(F)F)n1)N2)NSC1CC1. The van der Waals surface area contributed by atoms with Crippen molar-refractivity contribution < 1.29 is 37.0 Å². The van der Waals surface area contributed by atoms with E-state index >= 15 is 0 Å². The molecule has 3 aromatic rings. The van der Waals surface area contributed by atoms with Gasteiger partial charge in [-0.1, -0.05) is 37.8 Å². The lowest BCUT2D eigenvalue weighted by Gasteiger charge is -2.15. The highest BCUT2D eigenvalue weighted by Gasteiger charge is 2.29. The third-order valence-corrected chi connectivity index (χ3v) is 8.32. The van der Waals surface area contributed by atoms with Crippen molar-refractivity contribution in [3.05, 3.63) is 53.6 Å². The highest BCUT2D eigenvalue weighted by atomic mass is 32.2. The van der Waals surface area contributed by atoms with Crippen molar-refractivity contribution in [1.29, 1.82) is 0 Å². The molecule has 2 amide bonds. The van der Waals surface area contributed by atoms with Gasteiger partial charge in [0.1, 0.15) is 11.5 Å². The number of anilines is 3. The lowest BCUT2D eigenvalue weighted by Crippen LogP contribution is -2.34. The van der Waals surface area contributed by atoms with Gasteiger partial charge >= 0.3 is 12.2 Å². The van der Waals surface area contributed by atoms with Gasteiger partial charge in [-0.3, -0.25) is 14.3 Å². The van der Waals surface area contributed by atoms with Crippen LogP contribution in [0.5, 0.6) is 17.5 Å². The predicted octanol–water partition coefficient (Wildman–Crippen LogP) is 5.94. The highest BCUT2D eigenvalue weighted by Crippen LogP contribution is 2.31. The van der Waals surface area contributed by atoms with Gasteiger partial charge in [0.15, 0.2) is 6.61 Å². The quantitative estimate of drug-likeness (QED) is 0.219. The molecule has 6 rings (SSSR count). The van der Waals surface area contributed by atoms with Crippen LogP contribution in [0.2, 0.25) is 0 Å². The maximum atomic E-state index is 13.1. The molecule has 4 N–H and O–H groups in total. The molecule has 12 nitrogen and oxygen atoms in total. The number of aromatic nitrogens is 3. The first-order valence-corrected chi connectivity index (χ1v) is 16.8. The van der Waals surface area contributed by atoms with E-state index in [4.69, 9.17) is 14.2 Å². The van der Waals surface area contributed by atoms with Gasteiger partial charge in [0.2, 0.25) is 17.8 Å². The van der Waals surface area contributed by atoms with E-state index in [-0.39, 0.29) is 42.2 Å². The van der Waals surface area contributed by atoms with Crippen LogP contribution in [0.15, 0.2) is 42.5 Å². The second kappa shape index (κ2) is 17.1. The van der Waals surface area contributed by atoms with Gasteiger partial charge in [-0.15, -0.1) is 0 Å². The van der Waals surface area contributed by atoms with Crippen LogP contribution < -0.4 is 34.9 Å². The van der Waals surface area contributed by atoms with Crippen molar-refractivity contribution in [3.63, 3.8) is 0 Å².